The molecule has 1 atom stereocenters. The Labute approximate surface area is 199 Å². The predicted molar refractivity (Wildman–Crippen MR) is 132 cm³/mol. The summed E-state index contributed by atoms with van der Waals surface area (Å²) in [6.07, 6.45) is 2.69. The van der Waals surface area contributed by atoms with Crippen LogP contribution in [0.1, 0.15) is 38.7 Å². The monoisotopic (exact) mass is 480 g/mol. The van der Waals surface area contributed by atoms with Crippen molar-refractivity contribution in [1.29, 1.82) is 0 Å². The standard InChI is InChI=1S/C24H40N4O4S/c1-4-20(2)19-21-5-7-22(8-6-21)27-13-15-28(16-14-27)33(30,31)24(23(25)29)9-11-26(12-10-24)17-18-32-3/h5-8,20H,4,9-19H2,1-3H3,(H2,25,29). The molecular weight excluding hydrogens is 440 g/mol. The average Bonchev–Trinajstić information content (AvgIpc) is 2.83. The fourth-order valence-electron chi connectivity index (χ4n) is 4.81. The number of amides is 1. The molecule has 1 amide bonds. The molecule has 9 heteroatoms. The molecule has 2 aliphatic heterocycles. The van der Waals surface area contributed by atoms with Crippen molar-refractivity contribution in [2.75, 3.05) is 64.4 Å². The molecule has 1 unspecified atom stereocenters. The Kier molecular flexibility index (Phi) is 8.77. The van der Waals surface area contributed by atoms with Crippen molar-refractivity contribution >= 4 is 21.6 Å². The number of nitrogens with zero attached hydrogens (tertiary/aromatic N) is 3. The van der Waals surface area contributed by atoms with Crippen LogP contribution in [-0.2, 0) is 26.0 Å². The first-order chi connectivity index (χ1) is 15.7. The van der Waals surface area contributed by atoms with E-state index < -0.39 is 20.7 Å². The van der Waals surface area contributed by atoms with E-state index in [1.165, 1.54) is 9.87 Å². The molecule has 2 N–H and O–H groups in total. The third kappa shape index (κ3) is 5.70. The number of likely N-dealkylation sites (tertiary alicyclic amines) is 1. The van der Waals surface area contributed by atoms with Crippen LogP contribution in [0.3, 0.4) is 0 Å². The van der Waals surface area contributed by atoms with Gasteiger partial charge in [-0.3, -0.25) is 4.79 Å². The van der Waals surface area contributed by atoms with Gasteiger partial charge in [0, 0.05) is 58.6 Å². The van der Waals surface area contributed by atoms with Gasteiger partial charge in [0.15, 0.2) is 4.75 Å². The van der Waals surface area contributed by atoms with Crippen LogP contribution in [0.15, 0.2) is 24.3 Å². The molecule has 0 spiro atoms. The highest BCUT2D eigenvalue weighted by Crippen LogP contribution is 2.34. The smallest absolute Gasteiger partial charge is 0.240 e. The second kappa shape index (κ2) is 11.2. The van der Waals surface area contributed by atoms with Crippen LogP contribution in [0, 0.1) is 5.92 Å². The van der Waals surface area contributed by atoms with E-state index in [2.05, 4.69) is 47.9 Å². The van der Waals surface area contributed by atoms with Gasteiger partial charge in [-0.15, -0.1) is 0 Å². The number of benzene rings is 1. The van der Waals surface area contributed by atoms with Crippen LogP contribution in [0.25, 0.3) is 0 Å². The highest BCUT2D eigenvalue weighted by Gasteiger charge is 2.53. The Bertz CT molecular complexity index is 874. The maximum absolute atomic E-state index is 13.6. The molecule has 2 saturated heterocycles. The Morgan fingerprint density at radius 3 is 2.21 bits per heavy atom. The highest BCUT2D eigenvalue weighted by molar-refractivity contribution is 7.91. The lowest BCUT2D eigenvalue weighted by atomic mass is 9.95. The number of piperazine rings is 1. The Hall–Kier alpha value is -1.68. The summed E-state index contributed by atoms with van der Waals surface area (Å²) in [6, 6.07) is 8.60. The average molecular weight is 481 g/mol. The molecule has 0 aromatic heterocycles. The molecule has 2 fully saturated rings. The van der Waals surface area contributed by atoms with Gasteiger partial charge >= 0.3 is 0 Å². The molecule has 33 heavy (non-hydrogen) atoms. The number of carbonyl (C=O) groups is 1. The number of rotatable bonds is 10. The van der Waals surface area contributed by atoms with Gasteiger partial charge in [-0.1, -0.05) is 32.4 Å². The topological polar surface area (TPSA) is 96.2 Å². The first kappa shape index (κ1) is 25.9. The van der Waals surface area contributed by atoms with Gasteiger partial charge in [-0.2, -0.15) is 4.31 Å². The summed E-state index contributed by atoms with van der Waals surface area (Å²) in [5.41, 5.74) is 8.15. The van der Waals surface area contributed by atoms with Crippen LogP contribution in [0.5, 0.6) is 0 Å². The number of anilines is 1. The summed E-state index contributed by atoms with van der Waals surface area (Å²) in [5, 5.41) is 0. The molecule has 1 aromatic rings. The lowest BCUT2D eigenvalue weighted by Crippen LogP contribution is -2.63. The first-order valence-electron chi connectivity index (χ1n) is 12.1. The molecule has 0 saturated carbocycles. The normalized spacial score (nSPS) is 21.1. The number of carbonyl (C=O) groups excluding carboxylic acids is 1. The largest absolute Gasteiger partial charge is 0.383 e. The predicted octanol–water partition coefficient (Wildman–Crippen LogP) is 1.69. The van der Waals surface area contributed by atoms with Crippen molar-refractivity contribution in [3.8, 4) is 0 Å². The van der Waals surface area contributed by atoms with E-state index in [1.807, 2.05) is 0 Å². The first-order valence-corrected chi connectivity index (χ1v) is 13.5. The van der Waals surface area contributed by atoms with Crippen molar-refractivity contribution < 1.29 is 17.9 Å². The van der Waals surface area contributed by atoms with Crippen LogP contribution in [0.4, 0.5) is 5.69 Å². The molecular formula is C24H40N4O4S. The zero-order valence-electron chi connectivity index (χ0n) is 20.3. The molecule has 2 aliphatic rings. The van der Waals surface area contributed by atoms with E-state index in [0.717, 1.165) is 25.1 Å². The third-order valence-corrected chi connectivity index (χ3v) is 10.0. The minimum Gasteiger partial charge on any atom is -0.383 e. The van der Waals surface area contributed by atoms with E-state index in [-0.39, 0.29) is 12.8 Å². The Balaban J connectivity index is 1.63. The van der Waals surface area contributed by atoms with Crippen LogP contribution in [0.2, 0.25) is 0 Å². The van der Waals surface area contributed by atoms with E-state index in [4.69, 9.17) is 10.5 Å². The van der Waals surface area contributed by atoms with Crippen LogP contribution < -0.4 is 10.6 Å². The summed E-state index contributed by atoms with van der Waals surface area (Å²) in [6.45, 7) is 8.73. The molecule has 186 valence electrons. The minimum atomic E-state index is -3.84. The fraction of sp³-hybridized carbons (Fsp3) is 0.708. The highest BCUT2D eigenvalue weighted by atomic mass is 32.2. The zero-order chi connectivity index (χ0) is 24.1. The number of ether oxygens (including phenoxy) is 1. The zero-order valence-corrected chi connectivity index (χ0v) is 21.1. The fourth-order valence-corrected chi connectivity index (χ4v) is 6.90. The van der Waals surface area contributed by atoms with Crippen molar-refractivity contribution in [3.05, 3.63) is 29.8 Å². The number of methoxy groups -OCH3 is 1. The lowest BCUT2D eigenvalue weighted by Gasteiger charge is -2.43. The maximum atomic E-state index is 13.6. The maximum Gasteiger partial charge on any atom is 0.240 e. The molecule has 0 radical (unpaired) electrons. The van der Waals surface area contributed by atoms with Gasteiger partial charge in [0.1, 0.15) is 0 Å². The van der Waals surface area contributed by atoms with Gasteiger partial charge in [-0.05, 0) is 42.9 Å². The Morgan fingerprint density at radius 2 is 1.70 bits per heavy atom. The van der Waals surface area contributed by atoms with Gasteiger partial charge in [0.25, 0.3) is 0 Å². The number of piperidine rings is 1. The molecule has 1 aromatic carbocycles. The lowest BCUT2D eigenvalue weighted by molar-refractivity contribution is -0.121. The van der Waals surface area contributed by atoms with E-state index >= 15 is 0 Å². The number of hydrogen-bond acceptors (Lipinski definition) is 6. The minimum absolute atomic E-state index is 0.228. The molecule has 0 aliphatic carbocycles. The second-order valence-electron chi connectivity index (χ2n) is 9.47. The summed E-state index contributed by atoms with van der Waals surface area (Å²) in [5.74, 6) is -0.0674. The second-order valence-corrected chi connectivity index (χ2v) is 11.7. The van der Waals surface area contributed by atoms with Crippen LogP contribution in [-0.4, -0.2) is 87.8 Å². The molecule has 8 nitrogen and oxygen atoms in total. The van der Waals surface area contributed by atoms with Gasteiger partial charge < -0.3 is 20.3 Å². The Morgan fingerprint density at radius 1 is 1.09 bits per heavy atom. The van der Waals surface area contributed by atoms with E-state index in [1.54, 1.807) is 7.11 Å². The van der Waals surface area contributed by atoms with Crippen LogP contribution >= 0.6 is 0 Å². The molecule has 3 rings (SSSR count). The van der Waals surface area contributed by atoms with Crippen molar-refractivity contribution in [3.63, 3.8) is 0 Å². The van der Waals surface area contributed by atoms with Gasteiger partial charge in [-0.25, -0.2) is 8.42 Å². The molecule has 0 bridgehead atoms. The van der Waals surface area contributed by atoms with E-state index in [0.29, 0.717) is 51.8 Å². The summed E-state index contributed by atoms with van der Waals surface area (Å²) in [4.78, 5) is 16.8. The number of nitrogens with two attached hydrogens (primary N) is 1. The number of primary amides is 1. The molecule has 2 heterocycles. The third-order valence-electron chi connectivity index (χ3n) is 7.38. The van der Waals surface area contributed by atoms with Gasteiger partial charge in [0.2, 0.25) is 15.9 Å². The van der Waals surface area contributed by atoms with Crippen molar-refractivity contribution in [1.82, 2.24) is 9.21 Å². The van der Waals surface area contributed by atoms with E-state index in [9.17, 15) is 13.2 Å². The SMILES string of the molecule is CCC(C)Cc1ccc(N2CCN(S(=O)(=O)C3(C(N)=O)CCN(CCOC)CC3)CC2)cc1. The van der Waals surface area contributed by atoms with Crippen molar-refractivity contribution in [2.45, 2.75) is 44.3 Å². The van der Waals surface area contributed by atoms with Crippen molar-refractivity contribution in [2.24, 2.45) is 11.7 Å². The summed E-state index contributed by atoms with van der Waals surface area (Å²) < 4.78 is 32.3. The number of sulfonamides is 1. The number of hydrogen-bond donors (Lipinski definition) is 1. The summed E-state index contributed by atoms with van der Waals surface area (Å²) in [7, 11) is -2.20. The summed E-state index contributed by atoms with van der Waals surface area (Å²) >= 11 is 0. The quantitative estimate of drug-likeness (QED) is 0.548. The van der Waals surface area contributed by atoms with Gasteiger partial charge in [0.05, 0.1) is 6.61 Å².